The summed E-state index contributed by atoms with van der Waals surface area (Å²) in [7, 11) is 0. The Morgan fingerprint density at radius 3 is 2.29 bits per heavy atom. The quantitative estimate of drug-likeness (QED) is 0.660. The molecule has 1 unspecified atom stereocenters. The monoisotopic (exact) mass is 221 g/mol. The van der Waals surface area contributed by atoms with E-state index in [9.17, 15) is 0 Å². The molecule has 2 aliphatic rings. The number of hydrogen-bond acceptors (Lipinski definition) is 1. The van der Waals surface area contributed by atoms with Gasteiger partial charge in [0.2, 0.25) is 0 Å². The molecule has 1 heteroatoms. The minimum Gasteiger partial charge on any atom is -0.363 e. The van der Waals surface area contributed by atoms with Crippen molar-refractivity contribution in [3.63, 3.8) is 0 Å². The predicted octanol–water partition coefficient (Wildman–Crippen LogP) is 3.17. The van der Waals surface area contributed by atoms with Gasteiger partial charge in [-0.05, 0) is 35.6 Å². The summed E-state index contributed by atoms with van der Waals surface area (Å²) in [6.45, 7) is 1.08. The van der Waals surface area contributed by atoms with Crippen molar-refractivity contribution in [1.29, 1.82) is 0 Å². The van der Waals surface area contributed by atoms with Gasteiger partial charge in [-0.25, -0.2) is 0 Å². The number of benzene rings is 2. The molecular weight excluding hydrogens is 206 g/mol. The Balaban J connectivity index is 1.79. The summed E-state index contributed by atoms with van der Waals surface area (Å²) in [5.74, 6) is 0. The van der Waals surface area contributed by atoms with Crippen molar-refractivity contribution in [3.05, 3.63) is 65.2 Å². The van der Waals surface area contributed by atoms with Gasteiger partial charge in [-0.1, -0.05) is 42.5 Å². The molecule has 0 N–H and O–H groups in total. The predicted molar refractivity (Wildman–Crippen MR) is 70.3 cm³/mol. The summed E-state index contributed by atoms with van der Waals surface area (Å²) < 4.78 is 0. The summed E-state index contributed by atoms with van der Waals surface area (Å²) in [5.41, 5.74) is 6.01. The summed E-state index contributed by atoms with van der Waals surface area (Å²) >= 11 is 0. The Hall–Kier alpha value is -1.76. The number of nitrogens with zero attached hydrogens (tertiary/aromatic N) is 1. The molecule has 0 bridgehead atoms. The van der Waals surface area contributed by atoms with Crippen LogP contribution in [0.3, 0.4) is 0 Å². The molecule has 1 nitrogen and oxygen atoms in total. The van der Waals surface area contributed by atoms with E-state index in [4.69, 9.17) is 0 Å². The molecule has 0 spiro atoms. The van der Waals surface area contributed by atoms with Gasteiger partial charge in [0.15, 0.2) is 0 Å². The van der Waals surface area contributed by atoms with Crippen LogP contribution in [0.5, 0.6) is 0 Å². The fourth-order valence-electron chi connectivity index (χ4n) is 3.27. The van der Waals surface area contributed by atoms with Crippen LogP contribution in [0.4, 0.5) is 5.69 Å². The van der Waals surface area contributed by atoms with Crippen molar-refractivity contribution in [1.82, 2.24) is 0 Å². The Labute approximate surface area is 102 Å². The molecule has 2 aromatic carbocycles. The van der Waals surface area contributed by atoms with E-state index in [1.807, 2.05) is 0 Å². The van der Waals surface area contributed by atoms with E-state index in [2.05, 4.69) is 53.4 Å². The molecule has 4 rings (SSSR count). The van der Waals surface area contributed by atoms with E-state index >= 15 is 0 Å². The molecule has 0 radical (unpaired) electrons. The van der Waals surface area contributed by atoms with Crippen molar-refractivity contribution in [2.75, 3.05) is 4.90 Å². The zero-order chi connectivity index (χ0) is 11.2. The summed E-state index contributed by atoms with van der Waals surface area (Å²) in [5, 5.41) is 0. The largest absolute Gasteiger partial charge is 0.363 e. The molecule has 2 aromatic rings. The second-order valence-electron chi connectivity index (χ2n) is 5.09. The van der Waals surface area contributed by atoms with E-state index in [1.54, 1.807) is 5.56 Å². The van der Waals surface area contributed by atoms with Gasteiger partial charge in [0.1, 0.15) is 0 Å². The molecule has 0 aromatic heterocycles. The molecule has 0 aliphatic carbocycles. The number of para-hydroxylation sites is 1. The van der Waals surface area contributed by atoms with E-state index in [0.29, 0.717) is 6.04 Å². The van der Waals surface area contributed by atoms with Gasteiger partial charge in [0.05, 0.1) is 0 Å². The summed E-state index contributed by atoms with van der Waals surface area (Å²) in [6, 6.07) is 18.4. The van der Waals surface area contributed by atoms with Crippen molar-refractivity contribution in [2.24, 2.45) is 0 Å². The Kier molecular flexibility index (Phi) is 1.84. The fraction of sp³-hybridized carbons (Fsp3) is 0.250. The highest BCUT2D eigenvalue weighted by molar-refractivity contribution is 5.61. The average molecular weight is 221 g/mol. The minimum absolute atomic E-state index is 0.683. The topological polar surface area (TPSA) is 3.24 Å². The molecule has 0 saturated heterocycles. The van der Waals surface area contributed by atoms with Crippen molar-refractivity contribution < 1.29 is 0 Å². The van der Waals surface area contributed by atoms with Gasteiger partial charge in [-0.3, -0.25) is 0 Å². The van der Waals surface area contributed by atoms with Crippen LogP contribution >= 0.6 is 0 Å². The van der Waals surface area contributed by atoms with Crippen LogP contribution in [0.15, 0.2) is 48.5 Å². The highest BCUT2D eigenvalue weighted by Gasteiger charge is 2.32. The first kappa shape index (κ1) is 9.29. The van der Waals surface area contributed by atoms with Gasteiger partial charge < -0.3 is 4.90 Å². The van der Waals surface area contributed by atoms with Gasteiger partial charge in [-0.2, -0.15) is 0 Å². The molecule has 2 heterocycles. The lowest BCUT2D eigenvalue weighted by Gasteiger charge is -2.33. The van der Waals surface area contributed by atoms with Crippen molar-refractivity contribution >= 4 is 5.69 Å². The minimum atomic E-state index is 0.683. The molecule has 17 heavy (non-hydrogen) atoms. The standard InChI is InChI=1S/C16H15N/c1-2-7-14-11-17-15(9-12(14)5-1)10-13-6-3-4-8-16(13)17/h1-8,15H,9-11H2. The van der Waals surface area contributed by atoms with Crippen LogP contribution < -0.4 is 4.90 Å². The molecule has 0 saturated carbocycles. The molecule has 1 atom stereocenters. The lowest BCUT2D eigenvalue weighted by Crippen LogP contribution is -2.37. The van der Waals surface area contributed by atoms with E-state index < -0.39 is 0 Å². The maximum absolute atomic E-state index is 2.58. The van der Waals surface area contributed by atoms with Gasteiger partial charge >= 0.3 is 0 Å². The lowest BCUT2D eigenvalue weighted by atomic mass is 9.94. The fourth-order valence-corrected chi connectivity index (χ4v) is 3.27. The van der Waals surface area contributed by atoms with Crippen LogP contribution in [0, 0.1) is 0 Å². The third-order valence-electron chi connectivity index (χ3n) is 4.11. The number of anilines is 1. The van der Waals surface area contributed by atoms with E-state index in [1.165, 1.54) is 29.7 Å². The van der Waals surface area contributed by atoms with Crippen LogP contribution in [0.1, 0.15) is 16.7 Å². The SMILES string of the molecule is c1ccc2c(c1)CC1Cc3ccccc3N1C2. The molecular formula is C16H15N. The normalized spacial score (nSPS) is 20.7. The molecule has 0 amide bonds. The van der Waals surface area contributed by atoms with Crippen molar-refractivity contribution in [2.45, 2.75) is 25.4 Å². The first-order valence-electron chi connectivity index (χ1n) is 6.33. The molecule has 2 aliphatic heterocycles. The molecule has 0 fully saturated rings. The lowest BCUT2D eigenvalue weighted by molar-refractivity contribution is 0.584. The van der Waals surface area contributed by atoms with Gasteiger partial charge in [-0.15, -0.1) is 0 Å². The van der Waals surface area contributed by atoms with Gasteiger partial charge in [0.25, 0.3) is 0 Å². The number of fused-ring (bicyclic) bond motifs is 4. The maximum atomic E-state index is 2.58. The maximum Gasteiger partial charge on any atom is 0.0435 e. The Morgan fingerprint density at radius 2 is 1.41 bits per heavy atom. The third-order valence-corrected chi connectivity index (χ3v) is 4.11. The van der Waals surface area contributed by atoms with Crippen molar-refractivity contribution in [3.8, 4) is 0 Å². The van der Waals surface area contributed by atoms with Gasteiger partial charge in [0, 0.05) is 18.3 Å². The number of rotatable bonds is 0. The smallest absolute Gasteiger partial charge is 0.0435 e. The van der Waals surface area contributed by atoms with Crippen LogP contribution in [0.25, 0.3) is 0 Å². The molecule has 84 valence electrons. The zero-order valence-electron chi connectivity index (χ0n) is 9.76. The van der Waals surface area contributed by atoms with E-state index in [0.717, 1.165) is 6.54 Å². The first-order chi connectivity index (χ1) is 8.42. The zero-order valence-corrected chi connectivity index (χ0v) is 9.76. The second kappa shape index (κ2) is 3.36. The first-order valence-corrected chi connectivity index (χ1v) is 6.33. The second-order valence-corrected chi connectivity index (χ2v) is 5.09. The highest BCUT2D eigenvalue weighted by atomic mass is 15.2. The Morgan fingerprint density at radius 1 is 0.765 bits per heavy atom. The van der Waals surface area contributed by atoms with E-state index in [-0.39, 0.29) is 0 Å². The van der Waals surface area contributed by atoms with Crippen LogP contribution in [0.2, 0.25) is 0 Å². The van der Waals surface area contributed by atoms with Crippen LogP contribution in [-0.2, 0) is 19.4 Å². The summed E-state index contributed by atoms with van der Waals surface area (Å²) in [6.07, 6.45) is 2.41. The Bertz CT molecular complexity index is 567. The van der Waals surface area contributed by atoms with Crippen LogP contribution in [-0.4, -0.2) is 6.04 Å². The third kappa shape index (κ3) is 1.32. The average Bonchev–Trinajstić information content (AvgIpc) is 2.73. The highest BCUT2D eigenvalue weighted by Crippen LogP contribution is 2.37. The number of hydrogen-bond donors (Lipinski definition) is 0. The summed E-state index contributed by atoms with van der Waals surface area (Å²) in [4.78, 5) is 2.58.